The number of rotatable bonds is 5. The van der Waals surface area contributed by atoms with Gasteiger partial charge in [-0.05, 0) is 32.9 Å². The molecule has 0 amide bonds. The molecule has 2 aromatic heterocycles. The van der Waals surface area contributed by atoms with Crippen LogP contribution in [0.4, 0.5) is 0 Å². The summed E-state index contributed by atoms with van der Waals surface area (Å²) in [6.07, 6.45) is 1.62. The first-order valence-corrected chi connectivity index (χ1v) is 8.41. The van der Waals surface area contributed by atoms with Crippen LogP contribution in [0.25, 0.3) is 0 Å². The quantitative estimate of drug-likeness (QED) is 0.798. The molecular formula is C15H18N4O3S. The van der Waals surface area contributed by atoms with Gasteiger partial charge < -0.3 is 4.74 Å². The summed E-state index contributed by atoms with van der Waals surface area (Å²) in [4.78, 5) is 4.27. The smallest absolute Gasteiger partial charge is 0.245 e. The second-order valence-corrected chi connectivity index (χ2v) is 6.57. The molecule has 0 aliphatic carbocycles. The van der Waals surface area contributed by atoms with Crippen molar-refractivity contribution in [2.45, 2.75) is 25.7 Å². The first-order chi connectivity index (χ1) is 10.9. The van der Waals surface area contributed by atoms with E-state index in [4.69, 9.17) is 4.74 Å². The van der Waals surface area contributed by atoms with Crippen molar-refractivity contribution in [3.63, 3.8) is 0 Å². The van der Waals surface area contributed by atoms with Crippen LogP contribution < -0.4 is 9.46 Å². The van der Waals surface area contributed by atoms with Gasteiger partial charge in [0.25, 0.3) is 0 Å². The van der Waals surface area contributed by atoms with Crippen LogP contribution in [0.3, 0.4) is 0 Å². The van der Waals surface area contributed by atoms with Crippen LogP contribution >= 0.6 is 0 Å². The van der Waals surface area contributed by atoms with Gasteiger partial charge in [-0.2, -0.15) is 9.82 Å². The van der Waals surface area contributed by atoms with Gasteiger partial charge in [-0.15, -0.1) is 0 Å². The topological polar surface area (TPSA) is 97.0 Å². The lowest BCUT2D eigenvalue weighted by molar-refractivity contribution is 0.368. The fourth-order valence-electron chi connectivity index (χ4n) is 1.91. The second-order valence-electron chi connectivity index (χ2n) is 4.87. The molecule has 0 bridgehead atoms. The Morgan fingerprint density at radius 1 is 1.26 bits per heavy atom. The number of nitrogens with zero attached hydrogens (tertiary/aromatic N) is 2. The average molecular weight is 334 g/mol. The standard InChI is InChI=1S/C15H18N4O3S/c1-11-6-7-14(10-16-11)22-9-5-4-8-17-23(20,21)15-12(2)18-19-13(15)3/h6-7,10,17H,8-9H2,1-3H3,(H,18,19). The Bertz CT molecular complexity index is 810. The number of hydrogen-bond acceptors (Lipinski definition) is 5. The first-order valence-electron chi connectivity index (χ1n) is 6.92. The van der Waals surface area contributed by atoms with Gasteiger partial charge in [0.15, 0.2) is 0 Å². The molecule has 7 nitrogen and oxygen atoms in total. The zero-order chi connectivity index (χ0) is 16.9. The number of H-pyrrole nitrogens is 1. The predicted octanol–water partition coefficient (Wildman–Crippen LogP) is 1.09. The largest absolute Gasteiger partial charge is 0.479 e. The van der Waals surface area contributed by atoms with E-state index in [1.807, 2.05) is 13.0 Å². The van der Waals surface area contributed by atoms with E-state index in [1.54, 1.807) is 26.1 Å². The number of aryl methyl sites for hydroxylation is 3. The van der Waals surface area contributed by atoms with E-state index in [-0.39, 0.29) is 18.0 Å². The van der Waals surface area contributed by atoms with Gasteiger partial charge >= 0.3 is 0 Å². The van der Waals surface area contributed by atoms with Gasteiger partial charge in [0.1, 0.15) is 17.3 Å². The van der Waals surface area contributed by atoms with E-state index in [1.165, 1.54) is 0 Å². The molecule has 2 aromatic rings. The number of ether oxygens (including phenoxy) is 1. The SMILES string of the molecule is Cc1ccc(OCC#CCNS(=O)(=O)c2c(C)n[nH]c2C)cn1. The third-order valence-electron chi connectivity index (χ3n) is 3.00. The zero-order valence-corrected chi connectivity index (χ0v) is 14.0. The van der Waals surface area contributed by atoms with Crippen LogP contribution in [0.1, 0.15) is 17.1 Å². The van der Waals surface area contributed by atoms with Crippen molar-refractivity contribution in [1.82, 2.24) is 19.9 Å². The Morgan fingerprint density at radius 3 is 2.65 bits per heavy atom. The summed E-state index contributed by atoms with van der Waals surface area (Å²) in [6.45, 7) is 5.34. The molecule has 0 aromatic carbocycles. The minimum Gasteiger partial charge on any atom is -0.479 e. The van der Waals surface area contributed by atoms with Gasteiger partial charge in [-0.25, -0.2) is 8.42 Å². The van der Waals surface area contributed by atoms with Crippen molar-refractivity contribution < 1.29 is 13.2 Å². The minimum absolute atomic E-state index is 0.00189. The molecule has 0 radical (unpaired) electrons. The Kier molecular flexibility index (Phi) is 5.36. The molecule has 0 saturated heterocycles. The summed E-state index contributed by atoms with van der Waals surface area (Å²) in [5, 5.41) is 6.52. The highest BCUT2D eigenvalue weighted by Crippen LogP contribution is 2.15. The molecule has 0 atom stereocenters. The molecule has 2 heterocycles. The van der Waals surface area contributed by atoms with E-state index >= 15 is 0 Å². The van der Waals surface area contributed by atoms with Crippen molar-refractivity contribution in [2.75, 3.05) is 13.2 Å². The lowest BCUT2D eigenvalue weighted by atomic mass is 10.4. The summed E-state index contributed by atoms with van der Waals surface area (Å²) in [6, 6.07) is 3.64. The molecule has 122 valence electrons. The number of aromatic nitrogens is 3. The molecule has 0 aliphatic heterocycles. The predicted molar refractivity (Wildman–Crippen MR) is 85.5 cm³/mol. The van der Waals surface area contributed by atoms with E-state index in [2.05, 4.69) is 31.7 Å². The fraction of sp³-hybridized carbons (Fsp3) is 0.333. The van der Waals surface area contributed by atoms with Crippen molar-refractivity contribution in [3.05, 3.63) is 35.4 Å². The first kappa shape index (κ1) is 17.0. The van der Waals surface area contributed by atoms with Crippen LogP contribution in [0.2, 0.25) is 0 Å². The van der Waals surface area contributed by atoms with Gasteiger partial charge in [0.2, 0.25) is 10.0 Å². The zero-order valence-electron chi connectivity index (χ0n) is 13.2. The maximum atomic E-state index is 12.1. The monoisotopic (exact) mass is 334 g/mol. The Balaban J connectivity index is 1.84. The number of nitrogens with one attached hydrogen (secondary N) is 2. The highest BCUT2D eigenvalue weighted by molar-refractivity contribution is 7.89. The second kappa shape index (κ2) is 7.26. The number of aromatic amines is 1. The average Bonchev–Trinajstić information content (AvgIpc) is 2.84. The Hall–Kier alpha value is -2.37. The molecule has 0 spiro atoms. The van der Waals surface area contributed by atoms with Gasteiger partial charge in [-0.1, -0.05) is 11.8 Å². The Morgan fingerprint density at radius 2 is 2.04 bits per heavy atom. The van der Waals surface area contributed by atoms with Gasteiger partial charge in [0, 0.05) is 5.69 Å². The molecule has 8 heteroatoms. The third-order valence-corrected chi connectivity index (χ3v) is 4.66. The summed E-state index contributed by atoms with van der Waals surface area (Å²) in [5.74, 6) is 6.07. The van der Waals surface area contributed by atoms with Crippen molar-refractivity contribution in [1.29, 1.82) is 0 Å². The van der Waals surface area contributed by atoms with Crippen LogP contribution in [0.15, 0.2) is 23.2 Å². The lowest BCUT2D eigenvalue weighted by Crippen LogP contribution is -2.25. The lowest BCUT2D eigenvalue weighted by Gasteiger charge is -2.03. The Labute approximate surface area is 135 Å². The highest BCUT2D eigenvalue weighted by Gasteiger charge is 2.21. The molecule has 2 N–H and O–H groups in total. The maximum absolute atomic E-state index is 12.1. The fourth-order valence-corrected chi connectivity index (χ4v) is 3.20. The molecule has 0 aliphatic rings. The molecule has 23 heavy (non-hydrogen) atoms. The van der Waals surface area contributed by atoms with E-state index in [0.29, 0.717) is 17.1 Å². The molecule has 0 saturated carbocycles. The molecular weight excluding hydrogens is 316 g/mol. The van der Waals surface area contributed by atoms with Gasteiger partial charge in [0.05, 0.1) is 24.1 Å². The summed E-state index contributed by atoms with van der Waals surface area (Å²) in [7, 11) is -3.62. The third kappa shape index (κ3) is 4.55. The number of sulfonamides is 1. The summed E-state index contributed by atoms with van der Waals surface area (Å²) >= 11 is 0. The summed E-state index contributed by atoms with van der Waals surface area (Å²) in [5.41, 5.74) is 1.83. The van der Waals surface area contributed by atoms with Crippen LogP contribution in [-0.2, 0) is 10.0 Å². The number of pyridine rings is 1. The van der Waals surface area contributed by atoms with Crippen molar-refractivity contribution >= 4 is 10.0 Å². The van der Waals surface area contributed by atoms with Gasteiger partial charge in [-0.3, -0.25) is 10.1 Å². The van der Waals surface area contributed by atoms with Crippen molar-refractivity contribution in [3.8, 4) is 17.6 Å². The van der Waals surface area contributed by atoms with Crippen LogP contribution in [0, 0.1) is 32.6 Å². The van der Waals surface area contributed by atoms with E-state index in [9.17, 15) is 8.42 Å². The number of hydrogen-bond donors (Lipinski definition) is 2. The molecule has 0 fully saturated rings. The highest BCUT2D eigenvalue weighted by atomic mass is 32.2. The normalized spacial score (nSPS) is 10.9. The van der Waals surface area contributed by atoms with Crippen molar-refractivity contribution in [2.24, 2.45) is 0 Å². The maximum Gasteiger partial charge on any atom is 0.245 e. The van der Waals surface area contributed by atoms with Crippen LogP contribution in [-0.4, -0.2) is 36.8 Å². The molecule has 0 unspecified atom stereocenters. The van der Waals surface area contributed by atoms with Crippen LogP contribution in [0.5, 0.6) is 5.75 Å². The molecule has 2 rings (SSSR count). The van der Waals surface area contributed by atoms with E-state index < -0.39 is 10.0 Å². The minimum atomic E-state index is -3.62. The van der Waals surface area contributed by atoms with E-state index in [0.717, 1.165) is 5.69 Å². The summed E-state index contributed by atoms with van der Waals surface area (Å²) < 4.78 is 32.1.